The second-order valence-electron chi connectivity index (χ2n) is 4.07. The van der Waals surface area contributed by atoms with Gasteiger partial charge in [-0.15, -0.1) is 0 Å². The summed E-state index contributed by atoms with van der Waals surface area (Å²) >= 11 is 0. The van der Waals surface area contributed by atoms with Gasteiger partial charge < -0.3 is 9.79 Å². The van der Waals surface area contributed by atoms with E-state index in [1.165, 1.54) is 18.2 Å². The highest BCUT2D eigenvalue weighted by atomic mass is 31.2. The number of nitrogens with two attached hydrogens (primary N) is 1. The van der Waals surface area contributed by atoms with Crippen LogP contribution in [-0.2, 0) is 4.57 Å². The molecule has 0 aliphatic carbocycles. The van der Waals surface area contributed by atoms with Crippen LogP contribution in [0.15, 0.2) is 54.6 Å². The van der Waals surface area contributed by atoms with Crippen LogP contribution in [0.4, 0.5) is 5.69 Å². The van der Waals surface area contributed by atoms with Crippen LogP contribution in [0.2, 0.25) is 0 Å². The molecular weight excluding hydrogens is 279 g/mol. The van der Waals surface area contributed by atoms with E-state index in [0.29, 0.717) is 5.56 Å². The largest absolute Gasteiger partial charge is 0.358 e. The predicted molar refractivity (Wildman–Crippen MR) is 75.6 cm³/mol. The first-order valence-electron chi connectivity index (χ1n) is 5.70. The van der Waals surface area contributed by atoms with Crippen LogP contribution in [0.5, 0.6) is 0 Å². The zero-order chi connectivity index (χ0) is 14.8. The van der Waals surface area contributed by atoms with Crippen LogP contribution in [0.1, 0.15) is 10.4 Å². The van der Waals surface area contributed by atoms with Crippen molar-refractivity contribution in [1.29, 1.82) is 0 Å². The number of carbonyl (C=O) groups excluding carboxylic acids is 1. The molecule has 0 unspecified atom stereocenters. The van der Waals surface area contributed by atoms with E-state index in [1.807, 2.05) is 0 Å². The summed E-state index contributed by atoms with van der Waals surface area (Å²) in [5, 5.41) is 0.454. The molecule has 0 saturated heterocycles. The number of anilines is 1. The van der Waals surface area contributed by atoms with Crippen molar-refractivity contribution in [3.05, 3.63) is 60.2 Å². The fourth-order valence-corrected chi connectivity index (χ4v) is 2.50. The second-order valence-corrected chi connectivity index (χ2v) is 5.64. The van der Waals surface area contributed by atoms with E-state index in [0.717, 1.165) is 5.01 Å². The number of amides is 1. The van der Waals surface area contributed by atoms with Crippen LogP contribution in [-0.4, -0.2) is 15.7 Å². The first-order chi connectivity index (χ1) is 9.41. The van der Waals surface area contributed by atoms with Gasteiger partial charge in [-0.25, -0.2) is 10.9 Å². The van der Waals surface area contributed by atoms with Crippen LogP contribution in [0.25, 0.3) is 0 Å². The van der Waals surface area contributed by atoms with Gasteiger partial charge in [0.25, 0.3) is 5.91 Å². The lowest BCUT2D eigenvalue weighted by molar-refractivity contribution is 0.0987. The van der Waals surface area contributed by atoms with Crippen molar-refractivity contribution in [3.8, 4) is 0 Å². The molecule has 2 aromatic rings. The third kappa shape index (κ3) is 2.95. The molecule has 7 heteroatoms. The minimum absolute atomic E-state index is 0.0188. The van der Waals surface area contributed by atoms with E-state index in [-0.39, 0.29) is 11.0 Å². The molecule has 1 amide bonds. The van der Waals surface area contributed by atoms with Gasteiger partial charge in [-0.1, -0.05) is 30.3 Å². The maximum Gasteiger partial charge on any atom is 0.358 e. The maximum absolute atomic E-state index is 12.2. The summed E-state index contributed by atoms with van der Waals surface area (Å²) in [5.41, 5.74) is 0.310. The summed E-state index contributed by atoms with van der Waals surface area (Å²) in [6.07, 6.45) is 0. The van der Waals surface area contributed by atoms with Crippen molar-refractivity contribution in [3.63, 3.8) is 0 Å². The zero-order valence-electron chi connectivity index (χ0n) is 10.4. The SMILES string of the molecule is NN(C(=O)c1ccccc1)c1ccccc1P(=O)(O)O. The van der Waals surface area contributed by atoms with E-state index in [1.54, 1.807) is 36.4 Å². The third-order valence-corrected chi connectivity index (χ3v) is 3.70. The number of nitrogens with zero attached hydrogens (tertiary/aromatic N) is 1. The quantitative estimate of drug-likeness (QED) is 0.339. The number of hydrogen-bond acceptors (Lipinski definition) is 3. The van der Waals surface area contributed by atoms with Crippen molar-refractivity contribution >= 4 is 24.5 Å². The van der Waals surface area contributed by atoms with Gasteiger partial charge in [0.15, 0.2) is 0 Å². The van der Waals surface area contributed by atoms with Gasteiger partial charge in [-0.05, 0) is 24.3 Å². The van der Waals surface area contributed by atoms with Gasteiger partial charge in [0.2, 0.25) is 0 Å². The van der Waals surface area contributed by atoms with Gasteiger partial charge in [-0.3, -0.25) is 9.36 Å². The topological polar surface area (TPSA) is 104 Å². The molecule has 2 rings (SSSR count). The number of para-hydroxylation sites is 1. The summed E-state index contributed by atoms with van der Waals surface area (Å²) in [5.74, 6) is 5.16. The first-order valence-corrected chi connectivity index (χ1v) is 7.32. The molecular formula is C13H13N2O4P. The Labute approximate surface area is 115 Å². The summed E-state index contributed by atoms with van der Waals surface area (Å²) in [4.78, 5) is 30.7. The Kier molecular flexibility index (Phi) is 4.01. The highest BCUT2D eigenvalue weighted by molar-refractivity contribution is 7.60. The second kappa shape index (κ2) is 5.56. The number of carbonyl (C=O) groups is 1. The molecule has 0 fully saturated rings. The lowest BCUT2D eigenvalue weighted by atomic mass is 10.2. The molecule has 0 aliphatic heterocycles. The Morgan fingerprint density at radius 1 is 1.00 bits per heavy atom. The van der Waals surface area contributed by atoms with Crippen molar-refractivity contribution in [2.75, 3.05) is 5.01 Å². The minimum Gasteiger partial charge on any atom is -0.321 e. The molecule has 0 atom stereocenters. The van der Waals surface area contributed by atoms with Crippen molar-refractivity contribution in [1.82, 2.24) is 0 Å². The van der Waals surface area contributed by atoms with Crippen LogP contribution < -0.4 is 16.2 Å². The van der Waals surface area contributed by atoms with Gasteiger partial charge in [0.1, 0.15) is 0 Å². The average molecular weight is 292 g/mol. The van der Waals surface area contributed by atoms with E-state index in [2.05, 4.69) is 0 Å². The van der Waals surface area contributed by atoms with E-state index in [9.17, 15) is 19.1 Å². The van der Waals surface area contributed by atoms with Crippen molar-refractivity contribution < 1.29 is 19.1 Å². The lowest BCUT2D eigenvalue weighted by Gasteiger charge is -2.20. The van der Waals surface area contributed by atoms with Crippen molar-refractivity contribution in [2.45, 2.75) is 0 Å². The summed E-state index contributed by atoms with van der Waals surface area (Å²) in [6.45, 7) is 0. The Morgan fingerprint density at radius 3 is 2.15 bits per heavy atom. The summed E-state index contributed by atoms with van der Waals surface area (Å²) < 4.78 is 11.4. The average Bonchev–Trinajstić information content (AvgIpc) is 2.46. The van der Waals surface area contributed by atoms with Gasteiger partial charge in [0, 0.05) is 5.56 Å². The van der Waals surface area contributed by atoms with Gasteiger partial charge in [0.05, 0.1) is 11.0 Å². The molecule has 104 valence electrons. The number of hydrazine groups is 1. The summed E-state index contributed by atoms with van der Waals surface area (Å²) in [7, 11) is -4.51. The zero-order valence-corrected chi connectivity index (χ0v) is 11.3. The normalized spacial score (nSPS) is 11.2. The molecule has 2 aromatic carbocycles. The molecule has 20 heavy (non-hydrogen) atoms. The van der Waals surface area contributed by atoms with Crippen molar-refractivity contribution in [2.24, 2.45) is 5.84 Å². The highest BCUT2D eigenvalue weighted by Gasteiger charge is 2.26. The van der Waals surface area contributed by atoms with E-state index in [4.69, 9.17) is 5.84 Å². The molecule has 4 N–H and O–H groups in total. The lowest BCUT2D eigenvalue weighted by Crippen LogP contribution is -2.40. The van der Waals surface area contributed by atoms with E-state index < -0.39 is 13.5 Å². The molecule has 0 aromatic heterocycles. The summed E-state index contributed by atoms with van der Waals surface area (Å²) in [6, 6.07) is 13.9. The fraction of sp³-hybridized carbons (Fsp3) is 0. The fourth-order valence-electron chi connectivity index (χ4n) is 1.74. The van der Waals surface area contributed by atoms with E-state index >= 15 is 0 Å². The van der Waals surface area contributed by atoms with Crippen LogP contribution >= 0.6 is 7.60 Å². The highest BCUT2D eigenvalue weighted by Crippen LogP contribution is 2.37. The van der Waals surface area contributed by atoms with Crippen LogP contribution in [0.3, 0.4) is 0 Å². The maximum atomic E-state index is 12.2. The molecule has 0 saturated carbocycles. The number of hydrogen-bond donors (Lipinski definition) is 3. The third-order valence-electron chi connectivity index (χ3n) is 2.69. The van der Waals surface area contributed by atoms with Crippen LogP contribution in [0, 0.1) is 0 Å². The Bertz CT molecular complexity index is 669. The minimum atomic E-state index is -4.51. The van der Waals surface area contributed by atoms with Gasteiger partial charge >= 0.3 is 7.60 Å². The Hall–Kier alpha value is -1.98. The predicted octanol–water partition coefficient (Wildman–Crippen LogP) is 1.01. The van der Waals surface area contributed by atoms with Gasteiger partial charge in [-0.2, -0.15) is 0 Å². The molecule has 0 spiro atoms. The smallest absolute Gasteiger partial charge is 0.321 e. The Morgan fingerprint density at radius 2 is 1.55 bits per heavy atom. The molecule has 0 bridgehead atoms. The monoisotopic (exact) mass is 292 g/mol. The number of rotatable bonds is 3. The molecule has 0 radical (unpaired) electrons. The molecule has 0 aliphatic rings. The molecule has 6 nitrogen and oxygen atoms in total. The first kappa shape index (κ1) is 14.4. The number of benzene rings is 2. The Balaban J connectivity index is 2.42. The standard InChI is InChI=1S/C13H13N2O4P/c14-15(13(16)10-6-2-1-3-7-10)11-8-4-5-9-12(11)20(17,18)19/h1-9H,14H2,(H2,17,18,19). The molecule has 0 heterocycles.